The molecule has 0 radical (unpaired) electrons. The maximum atomic E-state index is 12.7. The van der Waals surface area contributed by atoms with Gasteiger partial charge in [0.15, 0.2) is 0 Å². The molecule has 0 aliphatic carbocycles. The summed E-state index contributed by atoms with van der Waals surface area (Å²) in [6.45, 7) is 5.93. The number of carbonyl (C=O) groups is 1. The molecule has 6 heteroatoms. The Morgan fingerprint density at radius 1 is 1.28 bits per heavy atom. The van der Waals surface area contributed by atoms with Gasteiger partial charge in [-0.1, -0.05) is 18.6 Å². The molecule has 25 heavy (non-hydrogen) atoms. The van der Waals surface area contributed by atoms with Crippen LogP contribution in [0.15, 0.2) is 33.6 Å². The van der Waals surface area contributed by atoms with Crippen LogP contribution in [0.1, 0.15) is 25.3 Å². The highest BCUT2D eigenvalue weighted by atomic mass is 16.4. The molecule has 0 N–H and O–H groups in total. The first-order chi connectivity index (χ1) is 12.0. The van der Waals surface area contributed by atoms with E-state index in [9.17, 15) is 9.59 Å². The highest BCUT2D eigenvalue weighted by molar-refractivity contribution is 6.02. The molecule has 1 fully saturated rings. The molecular formula is C19H21N3O3. The minimum atomic E-state index is -0.420. The van der Waals surface area contributed by atoms with Crippen LogP contribution in [0.2, 0.25) is 0 Å². The summed E-state index contributed by atoms with van der Waals surface area (Å²) in [6.07, 6.45) is 3.57. The molecule has 130 valence electrons. The molecule has 0 bridgehead atoms. The molecule has 1 amide bonds. The maximum absolute atomic E-state index is 12.7. The minimum absolute atomic E-state index is 0.0472. The minimum Gasteiger partial charge on any atom is -0.422 e. The van der Waals surface area contributed by atoms with E-state index in [2.05, 4.69) is 12.0 Å². The average molecular weight is 339 g/mol. The molecule has 0 spiro atoms. The number of aryl methyl sites for hydroxylation is 1. The number of benzene rings is 1. The van der Waals surface area contributed by atoms with Crippen molar-refractivity contribution in [3.8, 4) is 0 Å². The number of hydrogen-bond acceptors (Lipinski definition) is 4. The predicted octanol–water partition coefficient (Wildman–Crippen LogP) is 2.71. The molecule has 2 aromatic heterocycles. The van der Waals surface area contributed by atoms with E-state index in [1.807, 2.05) is 24.0 Å². The third-order valence-corrected chi connectivity index (χ3v) is 5.07. The Hall–Kier alpha value is -2.63. The molecule has 1 aliphatic heterocycles. The van der Waals surface area contributed by atoms with Gasteiger partial charge in [-0.2, -0.15) is 5.10 Å². The third-order valence-electron chi connectivity index (χ3n) is 5.07. The summed E-state index contributed by atoms with van der Waals surface area (Å²) >= 11 is 0. The summed E-state index contributed by atoms with van der Waals surface area (Å²) < 4.78 is 7.01. The van der Waals surface area contributed by atoms with Crippen LogP contribution in [0.4, 0.5) is 0 Å². The van der Waals surface area contributed by atoms with E-state index in [-0.39, 0.29) is 12.5 Å². The molecular weight excluding hydrogens is 318 g/mol. The molecule has 0 atom stereocenters. The maximum Gasteiger partial charge on any atom is 0.347 e. The van der Waals surface area contributed by atoms with Gasteiger partial charge in [-0.15, -0.1) is 0 Å². The second-order valence-corrected chi connectivity index (χ2v) is 7.02. The van der Waals surface area contributed by atoms with Crippen LogP contribution in [-0.4, -0.2) is 33.7 Å². The van der Waals surface area contributed by atoms with Crippen LogP contribution >= 0.6 is 0 Å². The van der Waals surface area contributed by atoms with Crippen molar-refractivity contribution in [1.82, 2.24) is 14.7 Å². The van der Waals surface area contributed by atoms with E-state index in [4.69, 9.17) is 4.42 Å². The largest absolute Gasteiger partial charge is 0.422 e. The number of amides is 1. The summed E-state index contributed by atoms with van der Waals surface area (Å²) in [6, 6.07) is 5.65. The van der Waals surface area contributed by atoms with Crippen LogP contribution in [0.3, 0.4) is 0 Å². The molecule has 0 saturated carbocycles. The van der Waals surface area contributed by atoms with E-state index in [0.29, 0.717) is 22.4 Å². The topological polar surface area (TPSA) is 68.3 Å². The van der Waals surface area contributed by atoms with Gasteiger partial charge >= 0.3 is 5.63 Å². The second-order valence-electron chi connectivity index (χ2n) is 7.02. The summed E-state index contributed by atoms with van der Waals surface area (Å²) in [7, 11) is 0. The van der Waals surface area contributed by atoms with Crippen LogP contribution in [0.25, 0.3) is 21.9 Å². The Morgan fingerprint density at radius 2 is 2.04 bits per heavy atom. The Morgan fingerprint density at radius 3 is 2.80 bits per heavy atom. The van der Waals surface area contributed by atoms with Gasteiger partial charge in [-0.3, -0.25) is 9.48 Å². The second kappa shape index (κ2) is 6.02. The van der Waals surface area contributed by atoms with Gasteiger partial charge in [0, 0.05) is 18.5 Å². The standard InChI is InChI=1S/C19H21N3O3/c1-12-5-7-21(8-6-12)17(23)11-22-18-14-9-13(2)3-4-16(14)25-19(24)15(18)10-20-22/h3-4,9-10,12H,5-8,11H2,1-2H3. The van der Waals surface area contributed by atoms with Crippen molar-refractivity contribution in [2.24, 2.45) is 5.92 Å². The van der Waals surface area contributed by atoms with Crippen molar-refractivity contribution in [3.05, 3.63) is 40.4 Å². The normalized spacial score (nSPS) is 16.0. The van der Waals surface area contributed by atoms with E-state index in [0.717, 1.165) is 36.9 Å². The molecule has 3 aromatic rings. The molecule has 3 heterocycles. The van der Waals surface area contributed by atoms with Gasteiger partial charge in [-0.05, 0) is 37.8 Å². The molecule has 0 unspecified atom stereocenters. The number of aromatic nitrogens is 2. The number of likely N-dealkylation sites (tertiary alicyclic amines) is 1. The van der Waals surface area contributed by atoms with Crippen molar-refractivity contribution in [3.63, 3.8) is 0 Å². The van der Waals surface area contributed by atoms with Gasteiger partial charge in [0.05, 0.1) is 11.7 Å². The first-order valence-corrected chi connectivity index (χ1v) is 8.69. The monoisotopic (exact) mass is 339 g/mol. The molecule has 1 aromatic carbocycles. The van der Waals surface area contributed by atoms with Gasteiger partial charge in [0.25, 0.3) is 0 Å². The lowest BCUT2D eigenvalue weighted by molar-refractivity contribution is -0.133. The quantitative estimate of drug-likeness (QED) is 0.673. The van der Waals surface area contributed by atoms with Crippen LogP contribution < -0.4 is 5.63 Å². The summed E-state index contributed by atoms with van der Waals surface area (Å²) in [5.74, 6) is 0.720. The zero-order valence-corrected chi connectivity index (χ0v) is 14.5. The van der Waals surface area contributed by atoms with Gasteiger partial charge < -0.3 is 9.32 Å². The first-order valence-electron chi connectivity index (χ1n) is 8.69. The number of rotatable bonds is 2. The first kappa shape index (κ1) is 15.9. The van der Waals surface area contributed by atoms with Crippen molar-refractivity contribution >= 4 is 27.8 Å². The number of piperidine rings is 1. The van der Waals surface area contributed by atoms with Crippen molar-refractivity contribution in [2.75, 3.05) is 13.1 Å². The third kappa shape index (κ3) is 2.81. The zero-order chi connectivity index (χ0) is 17.6. The van der Waals surface area contributed by atoms with Crippen molar-refractivity contribution < 1.29 is 9.21 Å². The highest BCUT2D eigenvalue weighted by Crippen LogP contribution is 2.24. The number of fused-ring (bicyclic) bond motifs is 3. The zero-order valence-electron chi connectivity index (χ0n) is 14.5. The highest BCUT2D eigenvalue weighted by Gasteiger charge is 2.22. The number of carbonyl (C=O) groups excluding carboxylic acids is 1. The van der Waals surface area contributed by atoms with E-state index >= 15 is 0 Å². The summed E-state index contributed by atoms with van der Waals surface area (Å²) in [4.78, 5) is 26.8. The van der Waals surface area contributed by atoms with Crippen molar-refractivity contribution in [1.29, 1.82) is 0 Å². The average Bonchev–Trinajstić information content (AvgIpc) is 3.01. The Labute approximate surface area is 145 Å². The molecule has 1 aliphatic rings. The van der Waals surface area contributed by atoms with Crippen molar-refractivity contribution in [2.45, 2.75) is 33.2 Å². The van der Waals surface area contributed by atoms with Gasteiger partial charge in [0.2, 0.25) is 5.91 Å². The van der Waals surface area contributed by atoms with Gasteiger partial charge in [0.1, 0.15) is 17.5 Å². The number of hydrogen-bond donors (Lipinski definition) is 0. The summed E-state index contributed by atoms with van der Waals surface area (Å²) in [5, 5.41) is 5.52. The molecule has 4 rings (SSSR count). The fraction of sp³-hybridized carbons (Fsp3) is 0.421. The lowest BCUT2D eigenvalue weighted by Crippen LogP contribution is -2.39. The molecule has 6 nitrogen and oxygen atoms in total. The van der Waals surface area contributed by atoms with Gasteiger partial charge in [-0.25, -0.2) is 4.79 Å². The summed E-state index contributed by atoms with van der Waals surface area (Å²) in [5.41, 5.74) is 1.83. The van der Waals surface area contributed by atoms with E-state index in [1.165, 1.54) is 6.20 Å². The Bertz CT molecular complexity index is 1010. The Balaban J connectivity index is 1.75. The predicted molar refractivity (Wildman–Crippen MR) is 95.5 cm³/mol. The lowest BCUT2D eigenvalue weighted by atomic mass is 9.99. The number of nitrogens with zero attached hydrogens (tertiary/aromatic N) is 3. The fourth-order valence-corrected chi connectivity index (χ4v) is 3.50. The Kier molecular flexibility index (Phi) is 3.82. The SMILES string of the molecule is Cc1ccc2oc(=O)c3cnn(CC(=O)N4CCC(C)CC4)c3c2c1. The van der Waals surface area contributed by atoms with Crippen LogP contribution in [0, 0.1) is 12.8 Å². The lowest BCUT2D eigenvalue weighted by Gasteiger charge is -2.30. The smallest absolute Gasteiger partial charge is 0.347 e. The van der Waals surface area contributed by atoms with E-state index in [1.54, 1.807) is 10.7 Å². The van der Waals surface area contributed by atoms with E-state index < -0.39 is 5.63 Å². The fourth-order valence-electron chi connectivity index (χ4n) is 3.50. The van der Waals surface area contributed by atoms with Crippen LogP contribution in [0.5, 0.6) is 0 Å². The molecule has 1 saturated heterocycles. The van der Waals surface area contributed by atoms with Crippen LogP contribution in [-0.2, 0) is 11.3 Å².